The number of thioether (sulfide) groups is 1. The van der Waals surface area contributed by atoms with Gasteiger partial charge in [0, 0.05) is 5.69 Å². The minimum atomic E-state index is -0.507. The summed E-state index contributed by atoms with van der Waals surface area (Å²) in [7, 11) is 0. The second kappa shape index (κ2) is 7.45. The Morgan fingerprint density at radius 3 is 2.42 bits per heavy atom. The van der Waals surface area contributed by atoms with Gasteiger partial charge in [0.1, 0.15) is 12.3 Å². The highest BCUT2D eigenvalue weighted by atomic mass is 32.2. The third kappa shape index (κ3) is 4.12. The van der Waals surface area contributed by atoms with Crippen molar-refractivity contribution >= 4 is 40.6 Å². The lowest BCUT2D eigenvalue weighted by Gasteiger charge is -2.12. The zero-order valence-electron chi connectivity index (χ0n) is 13.9. The predicted molar refractivity (Wildman–Crippen MR) is 101 cm³/mol. The highest BCUT2D eigenvalue weighted by Gasteiger charge is 2.36. The predicted octanol–water partition coefficient (Wildman–Crippen LogP) is 3.38. The number of phenols is 1. The molecular weight excluding hydrogens is 352 g/mol. The van der Waals surface area contributed by atoms with Crippen molar-refractivity contribution < 1.29 is 19.5 Å². The van der Waals surface area contributed by atoms with Crippen molar-refractivity contribution in [3.8, 4) is 5.75 Å². The van der Waals surface area contributed by atoms with Crippen molar-refractivity contribution in [2.75, 3.05) is 11.9 Å². The highest BCUT2D eigenvalue weighted by molar-refractivity contribution is 8.18. The van der Waals surface area contributed by atoms with Crippen LogP contribution < -0.4 is 5.32 Å². The number of aromatic hydroxyl groups is 1. The molecule has 132 valence electrons. The number of rotatable bonds is 4. The number of phenolic OH excluding ortho intramolecular Hbond substituents is 1. The van der Waals surface area contributed by atoms with E-state index >= 15 is 0 Å². The molecule has 3 rings (SSSR count). The Hall–Kier alpha value is -3.06. The second-order valence-electron chi connectivity index (χ2n) is 5.77. The molecule has 3 amide bonds. The van der Waals surface area contributed by atoms with E-state index in [-0.39, 0.29) is 17.2 Å². The van der Waals surface area contributed by atoms with Crippen LogP contribution in [-0.4, -0.2) is 33.6 Å². The molecule has 2 aromatic carbocycles. The van der Waals surface area contributed by atoms with Crippen LogP contribution in [0.3, 0.4) is 0 Å². The van der Waals surface area contributed by atoms with Crippen molar-refractivity contribution in [3.63, 3.8) is 0 Å². The molecule has 0 aromatic heterocycles. The summed E-state index contributed by atoms with van der Waals surface area (Å²) in [5.41, 5.74) is 2.35. The fourth-order valence-electron chi connectivity index (χ4n) is 2.34. The first-order valence-corrected chi connectivity index (χ1v) is 8.65. The van der Waals surface area contributed by atoms with Gasteiger partial charge in [-0.05, 0) is 54.6 Å². The van der Waals surface area contributed by atoms with E-state index in [4.69, 9.17) is 0 Å². The zero-order valence-corrected chi connectivity index (χ0v) is 14.7. The van der Waals surface area contributed by atoms with Crippen LogP contribution in [0.2, 0.25) is 0 Å². The summed E-state index contributed by atoms with van der Waals surface area (Å²) < 4.78 is 0. The van der Waals surface area contributed by atoms with Crippen LogP contribution in [0.5, 0.6) is 5.75 Å². The first-order chi connectivity index (χ1) is 12.4. The number of nitrogens with one attached hydrogen (secondary N) is 1. The topological polar surface area (TPSA) is 86.7 Å². The summed E-state index contributed by atoms with van der Waals surface area (Å²) in [5.74, 6) is -0.836. The Morgan fingerprint density at radius 1 is 1.12 bits per heavy atom. The van der Waals surface area contributed by atoms with Gasteiger partial charge in [-0.1, -0.05) is 29.8 Å². The van der Waals surface area contributed by atoms with Crippen LogP contribution in [0.25, 0.3) is 6.08 Å². The third-order valence-electron chi connectivity index (χ3n) is 3.70. The second-order valence-corrected chi connectivity index (χ2v) is 6.77. The molecule has 0 bridgehead atoms. The number of carbonyl (C=O) groups is 3. The van der Waals surface area contributed by atoms with Gasteiger partial charge in [-0.25, -0.2) is 0 Å². The molecule has 2 N–H and O–H groups in total. The summed E-state index contributed by atoms with van der Waals surface area (Å²) in [4.78, 5) is 37.8. The molecule has 1 aliphatic heterocycles. The van der Waals surface area contributed by atoms with Crippen molar-refractivity contribution in [3.05, 3.63) is 64.6 Å². The molecule has 1 fully saturated rings. The van der Waals surface area contributed by atoms with Gasteiger partial charge in [0.15, 0.2) is 0 Å². The summed E-state index contributed by atoms with van der Waals surface area (Å²) in [5, 5.41) is 11.5. The average Bonchev–Trinajstić information content (AvgIpc) is 2.86. The van der Waals surface area contributed by atoms with Gasteiger partial charge in [-0.3, -0.25) is 19.3 Å². The van der Waals surface area contributed by atoms with Crippen molar-refractivity contribution in [1.29, 1.82) is 0 Å². The Bertz CT molecular complexity index is 889. The van der Waals surface area contributed by atoms with Crippen LogP contribution in [0.15, 0.2) is 53.4 Å². The number of hydrogen-bond acceptors (Lipinski definition) is 5. The van der Waals surface area contributed by atoms with Gasteiger partial charge in [-0.2, -0.15) is 0 Å². The van der Waals surface area contributed by atoms with E-state index in [0.29, 0.717) is 11.3 Å². The maximum atomic E-state index is 12.4. The number of aryl methyl sites for hydroxylation is 1. The first-order valence-electron chi connectivity index (χ1n) is 7.83. The number of hydrogen-bond donors (Lipinski definition) is 2. The van der Waals surface area contributed by atoms with E-state index in [2.05, 4.69) is 5.32 Å². The van der Waals surface area contributed by atoms with E-state index in [1.807, 2.05) is 19.1 Å². The van der Waals surface area contributed by atoms with Crippen LogP contribution >= 0.6 is 11.8 Å². The number of anilines is 1. The Balaban J connectivity index is 1.67. The monoisotopic (exact) mass is 368 g/mol. The molecule has 0 radical (unpaired) electrons. The van der Waals surface area contributed by atoms with Crippen LogP contribution in [0.1, 0.15) is 11.1 Å². The normalized spacial score (nSPS) is 15.6. The van der Waals surface area contributed by atoms with Gasteiger partial charge in [0.2, 0.25) is 5.91 Å². The van der Waals surface area contributed by atoms with Gasteiger partial charge >= 0.3 is 0 Å². The number of amides is 3. The zero-order chi connectivity index (χ0) is 18.7. The molecule has 0 unspecified atom stereocenters. The Labute approximate surface area is 154 Å². The fourth-order valence-corrected chi connectivity index (χ4v) is 3.18. The lowest BCUT2D eigenvalue weighted by Crippen LogP contribution is -2.36. The van der Waals surface area contributed by atoms with E-state index < -0.39 is 17.1 Å². The third-order valence-corrected chi connectivity index (χ3v) is 4.61. The van der Waals surface area contributed by atoms with Crippen molar-refractivity contribution in [1.82, 2.24) is 4.90 Å². The molecule has 2 aromatic rings. The summed E-state index contributed by atoms with van der Waals surface area (Å²) in [6.07, 6.45) is 1.56. The fraction of sp³-hybridized carbons (Fsp3) is 0.105. The molecule has 0 spiro atoms. The van der Waals surface area contributed by atoms with E-state index in [9.17, 15) is 19.5 Å². The maximum Gasteiger partial charge on any atom is 0.294 e. The molecule has 1 aliphatic rings. The smallest absolute Gasteiger partial charge is 0.294 e. The van der Waals surface area contributed by atoms with Crippen LogP contribution in [-0.2, 0) is 9.59 Å². The lowest BCUT2D eigenvalue weighted by molar-refractivity contribution is -0.127. The molecule has 26 heavy (non-hydrogen) atoms. The molecule has 6 nitrogen and oxygen atoms in total. The number of imide groups is 1. The molecule has 0 atom stereocenters. The van der Waals surface area contributed by atoms with Gasteiger partial charge in [-0.15, -0.1) is 0 Å². The number of benzene rings is 2. The number of nitrogens with zero attached hydrogens (tertiary/aromatic N) is 1. The molecule has 1 heterocycles. The maximum absolute atomic E-state index is 12.4. The SMILES string of the molecule is Cc1ccc(NC(=O)CN2C(=O)SC(=Cc3ccc(O)cc3)C2=O)cc1. The first kappa shape index (κ1) is 17.8. The van der Waals surface area contributed by atoms with Gasteiger partial charge in [0.25, 0.3) is 11.1 Å². The van der Waals surface area contributed by atoms with Crippen molar-refractivity contribution in [2.24, 2.45) is 0 Å². The summed E-state index contributed by atoms with van der Waals surface area (Å²) >= 11 is 0.787. The van der Waals surface area contributed by atoms with Crippen molar-refractivity contribution in [2.45, 2.75) is 6.92 Å². The number of carbonyl (C=O) groups excluding carboxylic acids is 3. The quantitative estimate of drug-likeness (QED) is 0.808. The van der Waals surface area contributed by atoms with E-state index in [1.165, 1.54) is 12.1 Å². The molecule has 1 saturated heterocycles. The highest BCUT2D eigenvalue weighted by Crippen LogP contribution is 2.32. The minimum Gasteiger partial charge on any atom is -0.508 e. The molecule has 0 aliphatic carbocycles. The van der Waals surface area contributed by atoms with E-state index in [1.54, 1.807) is 30.3 Å². The lowest BCUT2D eigenvalue weighted by atomic mass is 10.2. The molecule has 0 saturated carbocycles. The van der Waals surface area contributed by atoms with Gasteiger partial charge in [0.05, 0.1) is 4.91 Å². The standard InChI is InChI=1S/C19H16N2O4S/c1-12-2-6-14(7-3-12)20-17(23)11-21-18(24)16(26-19(21)25)10-13-4-8-15(22)9-5-13/h2-10,22H,11H2,1H3,(H,20,23). The van der Waals surface area contributed by atoms with Crippen LogP contribution in [0, 0.1) is 6.92 Å². The van der Waals surface area contributed by atoms with Gasteiger partial charge < -0.3 is 10.4 Å². The minimum absolute atomic E-state index is 0.114. The summed E-state index contributed by atoms with van der Waals surface area (Å²) in [6.45, 7) is 1.60. The van der Waals surface area contributed by atoms with Crippen LogP contribution in [0.4, 0.5) is 10.5 Å². The largest absolute Gasteiger partial charge is 0.508 e. The Kier molecular flexibility index (Phi) is 5.09. The van der Waals surface area contributed by atoms with E-state index in [0.717, 1.165) is 22.2 Å². The molecule has 7 heteroatoms. The molecular formula is C19H16N2O4S. The Morgan fingerprint density at radius 2 is 1.77 bits per heavy atom. The average molecular weight is 368 g/mol. The summed E-state index contributed by atoms with van der Waals surface area (Å²) in [6, 6.07) is 13.5.